The molecular weight excluding hydrogens is 321 g/mol. The zero-order chi connectivity index (χ0) is 18.5. The summed E-state index contributed by atoms with van der Waals surface area (Å²) in [5.74, 6) is 0. The smallest absolute Gasteiger partial charge is 0.399 e. The monoisotopic (exact) mass is 345 g/mol. The predicted molar refractivity (Wildman–Crippen MR) is 110 cm³/mol. The second-order valence-corrected chi connectivity index (χ2v) is 7.93. The van der Waals surface area contributed by atoms with Crippen LogP contribution in [-0.4, -0.2) is 18.3 Å². The van der Waals surface area contributed by atoms with Crippen molar-refractivity contribution in [3.8, 4) is 11.1 Å². The molecule has 0 spiro atoms. The number of rotatable bonds is 2. The van der Waals surface area contributed by atoms with Gasteiger partial charge in [-0.3, -0.25) is 0 Å². The molecule has 1 saturated heterocycles. The van der Waals surface area contributed by atoms with E-state index in [1.807, 2.05) is 30.3 Å². The molecule has 0 amide bonds. The summed E-state index contributed by atoms with van der Waals surface area (Å²) in [6.07, 6.45) is 0. The minimum Gasteiger partial charge on any atom is -0.399 e. The lowest BCUT2D eigenvalue weighted by molar-refractivity contribution is 0.00578. The molecule has 132 valence electrons. The van der Waals surface area contributed by atoms with Gasteiger partial charge in [0.2, 0.25) is 0 Å². The molecule has 1 fully saturated rings. The Bertz CT molecular complexity index is 951. The van der Waals surface area contributed by atoms with Gasteiger partial charge in [-0.25, -0.2) is 0 Å². The lowest BCUT2D eigenvalue weighted by Gasteiger charge is -2.32. The maximum Gasteiger partial charge on any atom is 0.495 e. The van der Waals surface area contributed by atoms with Crippen molar-refractivity contribution in [1.29, 1.82) is 0 Å². The highest BCUT2D eigenvalue weighted by molar-refractivity contribution is 6.64. The second kappa shape index (κ2) is 5.87. The zero-order valence-corrected chi connectivity index (χ0v) is 15.7. The zero-order valence-electron chi connectivity index (χ0n) is 15.7. The quantitative estimate of drug-likeness (QED) is 0.553. The number of nitrogen functional groups attached to an aromatic ring is 1. The summed E-state index contributed by atoms with van der Waals surface area (Å²) in [5, 5.41) is 2.14. The third-order valence-electron chi connectivity index (χ3n) is 5.69. The fourth-order valence-electron chi connectivity index (χ4n) is 3.48. The minimum atomic E-state index is -0.456. The first-order chi connectivity index (χ1) is 12.3. The highest BCUT2D eigenvalue weighted by Crippen LogP contribution is 2.39. The number of anilines is 1. The molecule has 3 aromatic carbocycles. The Morgan fingerprint density at radius 2 is 1.38 bits per heavy atom. The van der Waals surface area contributed by atoms with Gasteiger partial charge in [0.15, 0.2) is 0 Å². The first kappa shape index (κ1) is 17.1. The first-order valence-corrected chi connectivity index (χ1v) is 9.02. The van der Waals surface area contributed by atoms with Crippen molar-refractivity contribution in [2.75, 3.05) is 5.73 Å². The molecular formula is C22H24BNO2. The summed E-state index contributed by atoms with van der Waals surface area (Å²) >= 11 is 0. The van der Waals surface area contributed by atoms with Gasteiger partial charge in [0.1, 0.15) is 0 Å². The molecule has 0 radical (unpaired) electrons. The van der Waals surface area contributed by atoms with Gasteiger partial charge in [-0.2, -0.15) is 0 Å². The van der Waals surface area contributed by atoms with Crippen molar-refractivity contribution in [2.45, 2.75) is 38.9 Å². The number of nitrogens with two attached hydrogens (primary N) is 1. The largest absolute Gasteiger partial charge is 0.495 e. The summed E-state index contributed by atoms with van der Waals surface area (Å²) in [6.45, 7) is 8.28. The Balaban J connectivity index is 1.97. The van der Waals surface area contributed by atoms with Crippen LogP contribution in [0.15, 0.2) is 60.7 Å². The molecule has 0 saturated carbocycles. The maximum atomic E-state index is 6.64. The van der Waals surface area contributed by atoms with Crippen LogP contribution in [-0.2, 0) is 9.31 Å². The third kappa shape index (κ3) is 2.61. The molecule has 0 aromatic heterocycles. The van der Waals surface area contributed by atoms with Crippen LogP contribution in [0.25, 0.3) is 21.9 Å². The molecule has 2 N–H and O–H groups in total. The van der Waals surface area contributed by atoms with Crippen LogP contribution in [0.1, 0.15) is 27.7 Å². The van der Waals surface area contributed by atoms with E-state index in [4.69, 9.17) is 15.0 Å². The highest BCUT2D eigenvalue weighted by atomic mass is 16.7. The van der Waals surface area contributed by atoms with Crippen LogP contribution in [0.5, 0.6) is 0 Å². The van der Waals surface area contributed by atoms with Gasteiger partial charge in [0.05, 0.1) is 11.2 Å². The Morgan fingerprint density at radius 1 is 0.808 bits per heavy atom. The Hall–Kier alpha value is -2.30. The van der Waals surface area contributed by atoms with E-state index in [0.29, 0.717) is 0 Å². The van der Waals surface area contributed by atoms with E-state index >= 15 is 0 Å². The Kier molecular flexibility index (Phi) is 3.87. The van der Waals surface area contributed by atoms with Crippen molar-refractivity contribution >= 4 is 29.0 Å². The average molecular weight is 345 g/mol. The van der Waals surface area contributed by atoms with E-state index in [2.05, 4.69) is 58.0 Å². The first-order valence-electron chi connectivity index (χ1n) is 9.02. The molecule has 4 heteroatoms. The van der Waals surface area contributed by atoms with Crippen LogP contribution in [0, 0.1) is 0 Å². The number of benzene rings is 3. The molecule has 4 rings (SSSR count). The second-order valence-electron chi connectivity index (χ2n) is 7.93. The number of hydrogen-bond donors (Lipinski definition) is 1. The predicted octanol–water partition coefficient (Wildman–Crippen LogP) is 4.39. The molecule has 3 nitrogen and oxygen atoms in total. The number of fused-ring (bicyclic) bond motifs is 1. The van der Waals surface area contributed by atoms with Crippen molar-refractivity contribution in [3.63, 3.8) is 0 Å². The molecule has 0 aliphatic carbocycles. The van der Waals surface area contributed by atoms with Crippen molar-refractivity contribution in [3.05, 3.63) is 60.7 Å². The topological polar surface area (TPSA) is 44.5 Å². The average Bonchev–Trinajstić information content (AvgIpc) is 2.83. The van der Waals surface area contributed by atoms with Crippen molar-refractivity contribution in [1.82, 2.24) is 0 Å². The van der Waals surface area contributed by atoms with Crippen LogP contribution in [0.3, 0.4) is 0 Å². The van der Waals surface area contributed by atoms with E-state index in [1.54, 1.807) is 0 Å². The van der Waals surface area contributed by atoms with Crippen LogP contribution >= 0.6 is 0 Å². The third-order valence-corrected chi connectivity index (χ3v) is 5.69. The van der Waals surface area contributed by atoms with Crippen molar-refractivity contribution in [2.24, 2.45) is 0 Å². The molecule has 0 unspecified atom stereocenters. The Labute approximate surface area is 155 Å². The normalized spacial score (nSPS) is 18.4. The Morgan fingerprint density at radius 3 is 2.04 bits per heavy atom. The lowest BCUT2D eigenvalue weighted by atomic mass is 9.72. The van der Waals surface area contributed by atoms with Gasteiger partial charge >= 0.3 is 7.12 Å². The van der Waals surface area contributed by atoms with E-state index < -0.39 is 18.3 Å². The highest BCUT2D eigenvalue weighted by Gasteiger charge is 2.52. The molecule has 1 aliphatic heterocycles. The standard InChI is InChI=1S/C22H24BNO2/c1-21(2)22(3,4)26-23(25-21)18-14-16-12-8-9-13-17(16)20(24)19(18)15-10-6-5-7-11-15/h5-14H,24H2,1-4H3. The van der Waals surface area contributed by atoms with E-state index in [-0.39, 0.29) is 0 Å². The van der Waals surface area contributed by atoms with Crippen LogP contribution in [0.4, 0.5) is 5.69 Å². The molecule has 3 aromatic rings. The lowest BCUT2D eigenvalue weighted by Crippen LogP contribution is -2.41. The van der Waals surface area contributed by atoms with Gasteiger partial charge in [-0.1, -0.05) is 60.7 Å². The minimum absolute atomic E-state index is 0.397. The summed E-state index contributed by atoms with van der Waals surface area (Å²) in [6, 6.07) is 20.5. The van der Waals surface area contributed by atoms with Gasteiger partial charge < -0.3 is 15.0 Å². The van der Waals surface area contributed by atoms with Crippen molar-refractivity contribution < 1.29 is 9.31 Å². The van der Waals surface area contributed by atoms with Crippen LogP contribution < -0.4 is 11.2 Å². The number of hydrogen-bond acceptors (Lipinski definition) is 3. The summed E-state index contributed by atoms with van der Waals surface area (Å²) in [5.41, 5.74) is 9.65. The van der Waals surface area contributed by atoms with Crippen LogP contribution in [0.2, 0.25) is 0 Å². The maximum absolute atomic E-state index is 6.64. The summed E-state index contributed by atoms with van der Waals surface area (Å²) in [7, 11) is -0.456. The molecule has 0 atom stereocenters. The van der Waals surface area contributed by atoms with Gasteiger partial charge in [0.25, 0.3) is 0 Å². The fraction of sp³-hybridized carbons (Fsp3) is 0.273. The molecule has 1 aliphatic rings. The molecule has 26 heavy (non-hydrogen) atoms. The molecule has 0 bridgehead atoms. The summed E-state index contributed by atoms with van der Waals surface area (Å²) in [4.78, 5) is 0. The molecule has 1 heterocycles. The van der Waals surface area contributed by atoms with E-state index in [9.17, 15) is 0 Å². The van der Waals surface area contributed by atoms with Gasteiger partial charge in [-0.15, -0.1) is 0 Å². The van der Waals surface area contributed by atoms with Gasteiger partial charge in [-0.05, 0) is 44.1 Å². The van der Waals surface area contributed by atoms with E-state index in [1.165, 1.54) is 0 Å². The van der Waals surface area contributed by atoms with E-state index in [0.717, 1.165) is 33.0 Å². The van der Waals surface area contributed by atoms with Gasteiger partial charge in [0, 0.05) is 16.6 Å². The SMILES string of the molecule is CC1(C)OB(c2cc3ccccc3c(N)c2-c2ccccc2)OC1(C)C. The fourth-order valence-corrected chi connectivity index (χ4v) is 3.48. The summed E-state index contributed by atoms with van der Waals surface area (Å²) < 4.78 is 12.7.